The Kier molecular flexibility index (Phi) is 7.46. The third-order valence-electron chi connectivity index (χ3n) is 3.32. The van der Waals surface area contributed by atoms with Crippen molar-refractivity contribution in [2.24, 2.45) is 0 Å². The van der Waals surface area contributed by atoms with Crippen LogP contribution in [-0.2, 0) is 4.79 Å². The third-order valence-corrected chi connectivity index (χ3v) is 3.32. The molecule has 4 N–H and O–H groups in total. The highest BCUT2D eigenvalue weighted by atomic mass is 16.1. The van der Waals surface area contributed by atoms with Crippen molar-refractivity contribution in [3.8, 4) is 0 Å². The molecule has 5 nitrogen and oxygen atoms in total. The van der Waals surface area contributed by atoms with Gasteiger partial charge in [0, 0.05) is 24.2 Å². The first kappa shape index (κ1) is 17.2. The molecule has 1 aromatic carbocycles. The van der Waals surface area contributed by atoms with E-state index >= 15 is 0 Å². The van der Waals surface area contributed by atoms with Gasteiger partial charge in [-0.1, -0.05) is 13.8 Å². The molecule has 1 atom stereocenters. The van der Waals surface area contributed by atoms with Gasteiger partial charge in [-0.25, -0.2) is 0 Å². The van der Waals surface area contributed by atoms with E-state index < -0.39 is 0 Å². The molecular weight excluding hydrogens is 266 g/mol. The summed E-state index contributed by atoms with van der Waals surface area (Å²) in [5.74, 6) is 0.110. The van der Waals surface area contributed by atoms with Gasteiger partial charge in [0.05, 0.1) is 6.04 Å². The summed E-state index contributed by atoms with van der Waals surface area (Å²) in [7, 11) is 0. The zero-order valence-corrected chi connectivity index (χ0v) is 12.8. The van der Waals surface area contributed by atoms with Crippen molar-refractivity contribution in [2.75, 3.05) is 18.8 Å². The lowest BCUT2D eigenvalue weighted by Gasteiger charge is -2.15. The molecular formula is C16H25N3O2. The van der Waals surface area contributed by atoms with Gasteiger partial charge in [0.25, 0.3) is 5.91 Å². The first-order valence-corrected chi connectivity index (χ1v) is 7.48. The molecule has 1 aromatic rings. The topological polar surface area (TPSA) is 84.2 Å². The van der Waals surface area contributed by atoms with E-state index in [1.165, 1.54) is 0 Å². The fraction of sp³-hybridized carbons (Fsp3) is 0.500. The number of nitrogens with one attached hydrogen (secondary N) is 2. The quantitative estimate of drug-likeness (QED) is 0.478. The van der Waals surface area contributed by atoms with Gasteiger partial charge >= 0.3 is 0 Å². The average molecular weight is 291 g/mol. The van der Waals surface area contributed by atoms with Crippen molar-refractivity contribution in [2.45, 2.75) is 39.2 Å². The van der Waals surface area contributed by atoms with Crippen molar-refractivity contribution in [1.29, 1.82) is 0 Å². The van der Waals surface area contributed by atoms with E-state index in [1.807, 2.05) is 13.8 Å². The molecule has 0 bridgehead atoms. The van der Waals surface area contributed by atoms with Gasteiger partial charge in [0.15, 0.2) is 0 Å². The minimum Gasteiger partial charge on any atom is -0.399 e. The van der Waals surface area contributed by atoms with Gasteiger partial charge < -0.3 is 16.4 Å². The number of nitrogens with two attached hydrogens (primary N) is 1. The first-order chi connectivity index (χ1) is 10.1. The minimum absolute atomic E-state index is 0.103. The molecule has 0 unspecified atom stereocenters. The van der Waals surface area contributed by atoms with Crippen LogP contribution in [0.2, 0.25) is 0 Å². The lowest BCUT2D eigenvalue weighted by Crippen LogP contribution is -2.37. The van der Waals surface area contributed by atoms with Crippen LogP contribution in [0.15, 0.2) is 24.3 Å². The van der Waals surface area contributed by atoms with E-state index in [-0.39, 0.29) is 17.7 Å². The molecule has 1 rings (SSSR count). The van der Waals surface area contributed by atoms with Gasteiger partial charge in [-0.15, -0.1) is 0 Å². The Morgan fingerprint density at radius 2 is 1.86 bits per heavy atom. The highest BCUT2D eigenvalue weighted by Gasteiger charge is 2.14. The number of carbonyl (C=O) groups is 2. The van der Waals surface area contributed by atoms with Crippen molar-refractivity contribution >= 4 is 17.4 Å². The standard InChI is InChI=1S/C16H25N3O2/c1-3-15(20)14(18-4-2)6-5-11-19-16(21)12-7-9-13(17)10-8-12/h7-10,14,18H,3-6,11,17H2,1-2H3,(H,19,21)/t14-/m1/s1. The Hall–Kier alpha value is -1.88. The third kappa shape index (κ3) is 5.95. The van der Waals surface area contributed by atoms with Crippen LogP contribution >= 0.6 is 0 Å². The zero-order valence-electron chi connectivity index (χ0n) is 12.8. The number of likely N-dealkylation sites (N-methyl/N-ethyl adjacent to an activating group) is 1. The molecule has 0 aliphatic heterocycles. The molecule has 0 aliphatic rings. The van der Waals surface area contributed by atoms with Crippen molar-refractivity contribution in [3.05, 3.63) is 29.8 Å². The average Bonchev–Trinajstić information content (AvgIpc) is 2.50. The highest BCUT2D eigenvalue weighted by molar-refractivity contribution is 5.94. The molecule has 0 heterocycles. The first-order valence-electron chi connectivity index (χ1n) is 7.48. The second-order valence-electron chi connectivity index (χ2n) is 4.95. The van der Waals surface area contributed by atoms with E-state index in [0.29, 0.717) is 24.2 Å². The van der Waals surface area contributed by atoms with Crippen LogP contribution in [0.25, 0.3) is 0 Å². The van der Waals surface area contributed by atoms with Crippen LogP contribution in [0.4, 0.5) is 5.69 Å². The summed E-state index contributed by atoms with van der Waals surface area (Å²) in [6.45, 7) is 5.19. The minimum atomic E-state index is -0.114. The van der Waals surface area contributed by atoms with E-state index in [4.69, 9.17) is 5.73 Å². The van der Waals surface area contributed by atoms with E-state index in [2.05, 4.69) is 10.6 Å². The van der Waals surface area contributed by atoms with Crippen LogP contribution in [0.3, 0.4) is 0 Å². The van der Waals surface area contributed by atoms with Crippen LogP contribution in [0.1, 0.15) is 43.5 Å². The monoisotopic (exact) mass is 291 g/mol. The lowest BCUT2D eigenvalue weighted by atomic mass is 10.0. The largest absolute Gasteiger partial charge is 0.399 e. The van der Waals surface area contributed by atoms with Gasteiger partial charge in [-0.05, 0) is 43.7 Å². The summed E-state index contributed by atoms with van der Waals surface area (Å²) >= 11 is 0. The predicted octanol–water partition coefficient (Wildman–Crippen LogP) is 1.74. The SMILES string of the molecule is CCN[C@H](CCCNC(=O)c1ccc(N)cc1)C(=O)CC. The van der Waals surface area contributed by atoms with Crippen molar-refractivity contribution < 1.29 is 9.59 Å². The molecule has 0 aliphatic carbocycles. The maximum absolute atomic E-state index is 11.9. The fourth-order valence-electron chi connectivity index (χ4n) is 2.11. The number of hydrogen-bond acceptors (Lipinski definition) is 4. The van der Waals surface area contributed by atoms with Crippen LogP contribution in [0.5, 0.6) is 0 Å². The molecule has 5 heteroatoms. The number of rotatable bonds is 9. The molecule has 0 radical (unpaired) electrons. The maximum atomic E-state index is 11.9. The number of benzene rings is 1. The van der Waals surface area contributed by atoms with Gasteiger partial charge in [0.1, 0.15) is 5.78 Å². The second-order valence-corrected chi connectivity index (χ2v) is 4.95. The summed E-state index contributed by atoms with van der Waals surface area (Å²) in [6, 6.07) is 6.71. The van der Waals surface area contributed by atoms with E-state index in [1.54, 1.807) is 24.3 Å². The molecule has 0 spiro atoms. The second kappa shape index (κ2) is 9.13. The summed E-state index contributed by atoms with van der Waals surface area (Å²) in [5, 5.41) is 6.04. The van der Waals surface area contributed by atoms with Crippen molar-refractivity contribution in [1.82, 2.24) is 10.6 Å². The maximum Gasteiger partial charge on any atom is 0.251 e. The smallest absolute Gasteiger partial charge is 0.251 e. The number of carbonyl (C=O) groups excluding carboxylic acids is 2. The lowest BCUT2D eigenvalue weighted by molar-refractivity contribution is -0.120. The van der Waals surface area contributed by atoms with Gasteiger partial charge in [-0.3, -0.25) is 9.59 Å². The number of Topliss-reactive ketones (excluding diaryl/α,β-unsaturated/α-hetero) is 1. The Morgan fingerprint density at radius 1 is 1.19 bits per heavy atom. The number of hydrogen-bond donors (Lipinski definition) is 3. The summed E-state index contributed by atoms with van der Waals surface area (Å²) < 4.78 is 0. The number of amides is 1. The molecule has 21 heavy (non-hydrogen) atoms. The van der Waals surface area contributed by atoms with E-state index in [0.717, 1.165) is 19.4 Å². The Bertz CT molecular complexity index is 457. The molecule has 0 aromatic heterocycles. The van der Waals surface area contributed by atoms with Crippen LogP contribution < -0.4 is 16.4 Å². The fourth-order valence-corrected chi connectivity index (χ4v) is 2.11. The van der Waals surface area contributed by atoms with Crippen molar-refractivity contribution in [3.63, 3.8) is 0 Å². The van der Waals surface area contributed by atoms with Crippen LogP contribution in [-0.4, -0.2) is 30.8 Å². The Morgan fingerprint density at radius 3 is 2.43 bits per heavy atom. The molecule has 0 saturated carbocycles. The van der Waals surface area contributed by atoms with E-state index in [9.17, 15) is 9.59 Å². The summed E-state index contributed by atoms with van der Waals surface area (Å²) in [6.07, 6.45) is 2.04. The molecule has 0 saturated heterocycles. The molecule has 1 amide bonds. The molecule has 0 fully saturated rings. The number of ketones is 1. The number of anilines is 1. The normalized spacial score (nSPS) is 11.9. The molecule has 116 valence electrons. The summed E-state index contributed by atoms with van der Waals surface area (Å²) in [4.78, 5) is 23.6. The zero-order chi connectivity index (χ0) is 15.7. The highest BCUT2D eigenvalue weighted by Crippen LogP contribution is 2.05. The van der Waals surface area contributed by atoms with Crippen LogP contribution in [0, 0.1) is 0 Å². The Labute approximate surface area is 126 Å². The Balaban J connectivity index is 2.33. The van der Waals surface area contributed by atoms with Gasteiger partial charge in [-0.2, -0.15) is 0 Å². The summed E-state index contributed by atoms with van der Waals surface area (Å²) in [5.41, 5.74) is 6.81. The predicted molar refractivity (Wildman–Crippen MR) is 85.2 cm³/mol. The number of nitrogen functional groups attached to an aromatic ring is 1. The van der Waals surface area contributed by atoms with Gasteiger partial charge in [0.2, 0.25) is 0 Å².